The number of nitrogens with one attached hydrogen (secondary N) is 3. The second-order valence-corrected chi connectivity index (χ2v) is 6.76. The lowest BCUT2D eigenvalue weighted by Crippen LogP contribution is -2.51. The number of hydrogen-bond acceptors (Lipinski definition) is 6. The van der Waals surface area contributed by atoms with E-state index in [1.165, 1.54) is 12.1 Å². The molecule has 0 spiro atoms. The zero-order chi connectivity index (χ0) is 20.4. The van der Waals surface area contributed by atoms with E-state index in [1.807, 2.05) is 0 Å². The van der Waals surface area contributed by atoms with Crippen LogP contribution in [0.3, 0.4) is 0 Å². The average Bonchev–Trinajstić information content (AvgIpc) is 2.57. The number of rotatable bonds is 8. The van der Waals surface area contributed by atoms with Crippen LogP contribution in [0.4, 0.5) is 4.79 Å². The number of carbonyl (C=O) groups excluding carboxylic acids is 4. The van der Waals surface area contributed by atoms with Crippen molar-refractivity contribution in [2.24, 2.45) is 0 Å². The second-order valence-electron chi connectivity index (χ2n) is 6.76. The maximum Gasteiger partial charge on any atom is 0.408 e. The van der Waals surface area contributed by atoms with E-state index in [0.717, 1.165) is 0 Å². The Morgan fingerprint density at radius 2 is 1.78 bits per heavy atom. The highest BCUT2D eigenvalue weighted by molar-refractivity contribution is 5.90. The first-order valence-electron chi connectivity index (χ1n) is 8.36. The highest BCUT2D eigenvalue weighted by Gasteiger charge is 2.25. The Bertz CT molecular complexity index is 667. The average molecular weight is 379 g/mol. The van der Waals surface area contributed by atoms with Crippen LogP contribution < -0.4 is 16.0 Å². The van der Waals surface area contributed by atoms with E-state index in [1.54, 1.807) is 32.9 Å². The minimum atomic E-state index is -0.997. The molecule has 0 aliphatic carbocycles. The van der Waals surface area contributed by atoms with E-state index in [9.17, 15) is 24.3 Å². The molecule has 0 heterocycles. The number of phenols is 1. The molecule has 9 heteroatoms. The summed E-state index contributed by atoms with van der Waals surface area (Å²) in [6.45, 7) is 4.59. The lowest BCUT2D eigenvalue weighted by Gasteiger charge is -2.23. The Morgan fingerprint density at radius 1 is 1.15 bits per heavy atom. The molecular formula is C18H25N3O6. The van der Waals surface area contributed by atoms with Crippen LogP contribution in [0.15, 0.2) is 24.3 Å². The van der Waals surface area contributed by atoms with Gasteiger partial charge in [-0.05, 0) is 38.5 Å². The van der Waals surface area contributed by atoms with E-state index >= 15 is 0 Å². The van der Waals surface area contributed by atoms with Gasteiger partial charge in [-0.2, -0.15) is 0 Å². The SMILES string of the molecule is CC(C)(C)OC(=O)N[C@@H](Cc1ccc(O)cc1)C(=O)NCC(=O)NCC=O. The van der Waals surface area contributed by atoms with Crippen molar-refractivity contribution >= 4 is 24.2 Å². The Balaban J connectivity index is 2.77. The van der Waals surface area contributed by atoms with Crippen LogP contribution in [-0.2, 0) is 25.5 Å². The van der Waals surface area contributed by atoms with Gasteiger partial charge < -0.3 is 30.6 Å². The number of ether oxygens (including phenoxy) is 1. The fourth-order valence-corrected chi connectivity index (χ4v) is 2.04. The number of phenolic OH excluding ortho intramolecular Hbond substituents is 1. The molecule has 1 aromatic rings. The molecule has 0 aliphatic rings. The van der Waals surface area contributed by atoms with Crippen LogP contribution in [0, 0.1) is 0 Å². The largest absolute Gasteiger partial charge is 0.508 e. The molecule has 9 nitrogen and oxygen atoms in total. The van der Waals surface area contributed by atoms with E-state index in [2.05, 4.69) is 16.0 Å². The number of carbonyl (C=O) groups is 4. The van der Waals surface area contributed by atoms with Crippen molar-refractivity contribution < 1.29 is 29.0 Å². The fraction of sp³-hybridized carbons (Fsp3) is 0.444. The van der Waals surface area contributed by atoms with Crippen LogP contribution in [0.1, 0.15) is 26.3 Å². The number of aromatic hydroxyl groups is 1. The number of benzene rings is 1. The molecular weight excluding hydrogens is 354 g/mol. The van der Waals surface area contributed by atoms with Crippen LogP contribution in [0.2, 0.25) is 0 Å². The van der Waals surface area contributed by atoms with Gasteiger partial charge in [0.15, 0.2) is 0 Å². The maximum absolute atomic E-state index is 12.4. The van der Waals surface area contributed by atoms with Crippen molar-refractivity contribution in [1.82, 2.24) is 16.0 Å². The first-order chi connectivity index (χ1) is 12.6. The fourth-order valence-electron chi connectivity index (χ4n) is 2.04. The molecule has 148 valence electrons. The summed E-state index contributed by atoms with van der Waals surface area (Å²) < 4.78 is 5.17. The van der Waals surface area contributed by atoms with E-state index < -0.39 is 29.6 Å². The van der Waals surface area contributed by atoms with E-state index in [0.29, 0.717) is 11.8 Å². The summed E-state index contributed by atoms with van der Waals surface area (Å²) in [7, 11) is 0. The van der Waals surface area contributed by atoms with Crippen molar-refractivity contribution in [3.63, 3.8) is 0 Å². The zero-order valence-corrected chi connectivity index (χ0v) is 15.6. The quantitative estimate of drug-likeness (QED) is 0.479. The highest BCUT2D eigenvalue weighted by Crippen LogP contribution is 2.12. The van der Waals surface area contributed by atoms with E-state index in [4.69, 9.17) is 4.74 Å². The van der Waals surface area contributed by atoms with Gasteiger partial charge in [-0.1, -0.05) is 12.1 Å². The topological polar surface area (TPSA) is 134 Å². The Hall–Kier alpha value is -3.10. The summed E-state index contributed by atoms with van der Waals surface area (Å²) in [5.41, 5.74) is -0.0485. The van der Waals surface area contributed by atoms with Crippen LogP contribution in [-0.4, -0.2) is 54.0 Å². The Labute approximate surface area is 157 Å². The molecule has 0 fully saturated rings. The molecule has 0 aromatic heterocycles. The van der Waals surface area contributed by atoms with Gasteiger partial charge in [-0.15, -0.1) is 0 Å². The molecule has 0 bridgehead atoms. The van der Waals surface area contributed by atoms with Gasteiger partial charge in [0.1, 0.15) is 23.7 Å². The van der Waals surface area contributed by atoms with Gasteiger partial charge in [0.05, 0.1) is 13.1 Å². The van der Waals surface area contributed by atoms with Crippen LogP contribution in [0.5, 0.6) is 5.75 Å². The molecule has 1 atom stereocenters. The number of amides is 3. The maximum atomic E-state index is 12.4. The first-order valence-corrected chi connectivity index (χ1v) is 8.36. The van der Waals surface area contributed by atoms with Crippen molar-refractivity contribution in [2.75, 3.05) is 13.1 Å². The summed E-state index contributed by atoms with van der Waals surface area (Å²) in [5, 5.41) is 16.5. The molecule has 1 rings (SSSR count). The molecule has 0 aliphatic heterocycles. The first kappa shape index (κ1) is 21.9. The van der Waals surface area contributed by atoms with E-state index in [-0.39, 0.29) is 25.3 Å². The third kappa shape index (κ3) is 9.24. The summed E-state index contributed by atoms with van der Waals surface area (Å²) in [4.78, 5) is 46.2. The zero-order valence-electron chi connectivity index (χ0n) is 15.6. The summed E-state index contributed by atoms with van der Waals surface area (Å²) in [6.07, 6.45) is -0.120. The van der Waals surface area contributed by atoms with Crippen molar-refractivity contribution in [3.05, 3.63) is 29.8 Å². The molecule has 0 saturated carbocycles. The Kier molecular flexibility index (Phi) is 8.25. The third-order valence-electron chi connectivity index (χ3n) is 3.19. The Morgan fingerprint density at radius 3 is 2.33 bits per heavy atom. The standard InChI is InChI=1S/C18H25N3O6/c1-18(2,3)27-17(26)21-14(10-12-4-6-13(23)7-5-12)16(25)20-11-15(24)19-8-9-22/h4-7,9,14,23H,8,10-11H2,1-3H3,(H,19,24)(H,20,25)(H,21,26)/t14-/m0/s1. The normalized spacial score (nSPS) is 11.8. The van der Waals surface area contributed by atoms with Gasteiger partial charge in [0.2, 0.25) is 11.8 Å². The predicted molar refractivity (Wildman–Crippen MR) is 97.1 cm³/mol. The molecule has 4 N–H and O–H groups in total. The molecule has 0 saturated heterocycles. The van der Waals surface area contributed by atoms with Crippen molar-refractivity contribution in [3.8, 4) is 5.75 Å². The molecule has 27 heavy (non-hydrogen) atoms. The number of aldehydes is 1. The summed E-state index contributed by atoms with van der Waals surface area (Å²) in [6, 6.07) is 5.16. The summed E-state index contributed by atoms with van der Waals surface area (Å²) >= 11 is 0. The summed E-state index contributed by atoms with van der Waals surface area (Å²) in [5.74, 6) is -1.04. The number of alkyl carbamates (subject to hydrolysis) is 1. The van der Waals surface area contributed by atoms with Gasteiger partial charge in [0.25, 0.3) is 0 Å². The molecule has 1 aromatic carbocycles. The third-order valence-corrected chi connectivity index (χ3v) is 3.19. The monoisotopic (exact) mass is 379 g/mol. The van der Waals surface area contributed by atoms with Crippen molar-refractivity contribution in [2.45, 2.75) is 38.8 Å². The number of hydrogen-bond donors (Lipinski definition) is 4. The lowest BCUT2D eigenvalue weighted by molar-refractivity contribution is -0.127. The molecule has 3 amide bonds. The molecule has 0 radical (unpaired) electrons. The smallest absolute Gasteiger partial charge is 0.408 e. The van der Waals surface area contributed by atoms with Crippen molar-refractivity contribution in [1.29, 1.82) is 0 Å². The lowest BCUT2D eigenvalue weighted by atomic mass is 10.1. The highest BCUT2D eigenvalue weighted by atomic mass is 16.6. The predicted octanol–water partition coefficient (Wildman–Crippen LogP) is 0.259. The minimum absolute atomic E-state index is 0.0756. The second kappa shape index (κ2) is 10.1. The van der Waals surface area contributed by atoms with Gasteiger partial charge in [-0.3, -0.25) is 9.59 Å². The molecule has 0 unspecified atom stereocenters. The van der Waals surface area contributed by atoms with Gasteiger partial charge in [-0.25, -0.2) is 4.79 Å². The minimum Gasteiger partial charge on any atom is -0.508 e. The van der Waals surface area contributed by atoms with Crippen LogP contribution >= 0.6 is 0 Å². The van der Waals surface area contributed by atoms with Gasteiger partial charge >= 0.3 is 6.09 Å². The van der Waals surface area contributed by atoms with Crippen LogP contribution in [0.25, 0.3) is 0 Å². The van der Waals surface area contributed by atoms with Gasteiger partial charge in [0, 0.05) is 6.42 Å².